The maximum Gasteiger partial charge on any atom is 0.104 e. The molecule has 0 spiro atoms. The lowest BCUT2D eigenvalue weighted by Crippen LogP contribution is -2.47. The lowest BCUT2D eigenvalue weighted by molar-refractivity contribution is -0.873. The molecule has 0 fully saturated rings. The molecule has 39 heavy (non-hydrogen) atoms. The number of likely N-dealkylation sites (N-methyl/N-ethyl adjacent to an activating group) is 2. The van der Waals surface area contributed by atoms with Crippen molar-refractivity contribution in [2.24, 2.45) is 5.41 Å². The van der Waals surface area contributed by atoms with E-state index in [4.69, 9.17) is 18.9 Å². The summed E-state index contributed by atoms with van der Waals surface area (Å²) < 4.78 is 27.5. The van der Waals surface area contributed by atoms with Crippen LogP contribution in [-0.4, -0.2) is 116 Å². The molecular weight excluding hydrogens is 488 g/mol. The fraction of sp³-hybridized carbons (Fsp3) is 1.00. The molecule has 6 nitrogen and oxygen atoms in total. The number of ether oxygens (including phenoxy) is 4. The second kappa shape index (κ2) is 22.4. The highest BCUT2D eigenvalue weighted by Crippen LogP contribution is 2.24. The Morgan fingerprint density at radius 1 is 0.487 bits per heavy atom. The van der Waals surface area contributed by atoms with Crippen LogP contribution in [0, 0.1) is 5.41 Å². The van der Waals surface area contributed by atoms with Crippen molar-refractivity contribution < 1.29 is 27.9 Å². The topological polar surface area (TPSA) is 36.9 Å². The lowest BCUT2D eigenvalue weighted by atomic mass is 9.91. The Morgan fingerprint density at radius 3 is 1.15 bits per heavy atom. The minimum Gasteiger partial charge on any atom is -0.381 e. The number of rotatable bonds is 28. The van der Waals surface area contributed by atoms with Gasteiger partial charge in [-0.3, -0.25) is 0 Å². The number of nitrogens with zero attached hydrogens (tertiary/aromatic N) is 2. The van der Waals surface area contributed by atoms with Crippen LogP contribution in [0.5, 0.6) is 0 Å². The van der Waals surface area contributed by atoms with Crippen molar-refractivity contribution in [3.8, 4) is 0 Å². The quantitative estimate of drug-likeness (QED) is 0.0766. The summed E-state index contributed by atoms with van der Waals surface area (Å²) in [6, 6.07) is 0. The standard InChI is InChI=1S/C33H72N2O4/c1-11-13-15-17-19-21-23-36-27-33(29-38-31(3)25-34(5,6)7,30-39-32(4)26-35(8,9)10)28-37-24-22-20-18-16-14-12-2/h31-32H,11-30H2,1-10H3/q+2. The van der Waals surface area contributed by atoms with Crippen LogP contribution in [0.3, 0.4) is 0 Å². The molecule has 0 radical (unpaired) electrons. The summed E-state index contributed by atoms with van der Waals surface area (Å²) in [6.07, 6.45) is 15.6. The van der Waals surface area contributed by atoms with E-state index in [0.29, 0.717) is 26.4 Å². The zero-order chi connectivity index (χ0) is 29.6. The minimum atomic E-state index is -0.303. The van der Waals surface area contributed by atoms with Crippen LogP contribution < -0.4 is 0 Å². The lowest BCUT2D eigenvalue weighted by Gasteiger charge is -2.36. The van der Waals surface area contributed by atoms with E-state index in [1.165, 1.54) is 64.2 Å². The number of quaternary nitrogens is 2. The van der Waals surface area contributed by atoms with Crippen LogP contribution in [0.25, 0.3) is 0 Å². The van der Waals surface area contributed by atoms with Gasteiger partial charge in [-0.15, -0.1) is 0 Å². The van der Waals surface area contributed by atoms with E-state index in [-0.39, 0.29) is 17.6 Å². The fourth-order valence-electron chi connectivity index (χ4n) is 5.08. The van der Waals surface area contributed by atoms with Gasteiger partial charge in [0.25, 0.3) is 0 Å². The first-order chi connectivity index (χ1) is 18.3. The second-order valence-corrected chi connectivity index (χ2v) is 14.3. The van der Waals surface area contributed by atoms with Crippen LogP contribution in [0.15, 0.2) is 0 Å². The van der Waals surface area contributed by atoms with Crippen LogP contribution in [-0.2, 0) is 18.9 Å². The molecule has 0 saturated heterocycles. The van der Waals surface area contributed by atoms with Gasteiger partial charge in [0.2, 0.25) is 0 Å². The second-order valence-electron chi connectivity index (χ2n) is 14.3. The summed E-state index contributed by atoms with van der Waals surface area (Å²) in [5, 5.41) is 0. The number of hydrogen-bond donors (Lipinski definition) is 0. The predicted octanol–water partition coefficient (Wildman–Crippen LogP) is 6.95. The van der Waals surface area contributed by atoms with Crippen molar-refractivity contribution in [3.05, 3.63) is 0 Å². The Labute approximate surface area is 245 Å². The molecule has 0 rings (SSSR count). The van der Waals surface area contributed by atoms with E-state index in [1.54, 1.807) is 0 Å². The summed E-state index contributed by atoms with van der Waals surface area (Å²) in [5.41, 5.74) is -0.303. The van der Waals surface area contributed by atoms with Crippen molar-refractivity contribution in [2.45, 2.75) is 117 Å². The predicted molar refractivity (Wildman–Crippen MR) is 167 cm³/mol. The highest BCUT2D eigenvalue weighted by Gasteiger charge is 2.35. The van der Waals surface area contributed by atoms with Gasteiger partial charge in [0.15, 0.2) is 0 Å². The molecule has 0 heterocycles. The van der Waals surface area contributed by atoms with Gasteiger partial charge in [-0.2, -0.15) is 0 Å². The summed E-state index contributed by atoms with van der Waals surface area (Å²) in [5.74, 6) is 0. The van der Waals surface area contributed by atoms with E-state index < -0.39 is 0 Å². The molecule has 0 aromatic rings. The Balaban J connectivity index is 5.22. The molecule has 0 aliphatic rings. The largest absolute Gasteiger partial charge is 0.381 e. The molecule has 0 aliphatic carbocycles. The number of unbranched alkanes of at least 4 members (excludes halogenated alkanes) is 10. The third-order valence-electron chi connectivity index (χ3n) is 7.06. The van der Waals surface area contributed by atoms with Crippen molar-refractivity contribution in [1.29, 1.82) is 0 Å². The maximum atomic E-state index is 6.50. The summed E-state index contributed by atoms with van der Waals surface area (Å²) >= 11 is 0. The summed E-state index contributed by atoms with van der Waals surface area (Å²) in [7, 11) is 13.3. The molecule has 2 atom stereocenters. The van der Waals surface area contributed by atoms with Gasteiger partial charge < -0.3 is 27.9 Å². The average molecular weight is 561 g/mol. The zero-order valence-electron chi connectivity index (χ0n) is 28.3. The maximum absolute atomic E-state index is 6.50. The highest BCUT2D eigenvalue weighted by atomic mass is 16.5. The Bertz CT molecular complexity index is 497. The van der Waals surface area contributed by atoms with Crippen LogP contribution in [0.1, 0.15) is 105 Å². The molecular formula is C33H72N2O4+2. The average Bonchev–Trinajstić information content (AvgIpc) is 2.82. The van der Waals surface area contributed by atoms with Gasteiger partial charge in [-0.25, -0.2) is 0 Å². The van der Waals surface area contributed by atoms with Crippen molar-refractivity contribution in [2.75, 3.05) is 95.0 Å². The number of hydrogen-bond acceptors (Lipinski definition) is 4. The van der Waals surface area contributed by atoms with E-state index in [9.17, 15) is 0 Å². The van der Waals surface area contributed by atoms with Gasteiger partial charge in [0.05, 0.1) is 74.1 Å². The van der Waals surface area contributed by atoms with Crippen molar-refractivity contribution >= 4 is 0 Å². The summed E-state index contributed by atoms with van der Waals surface area (Å²) in [4.78, 5) is 0. The molecule has 236 valence electrons. The van der Waals surface area contributed by atoms with Gasteiger partial charge in [0.1, 0.15) is 25.3 Å². The first-order valence-electron chi connectivity index (χ1n) is 16.3. The monoisotopic (exact) mass is 561 g/mol. The molecule has 2 unspecified atom stereocenters. The third-order valence-corrected chi connectivity index (χ3v) is 7.06. The van der Waals surface area contributed by atoms with Gasteiger partial charge >= 0.3 is 0 Å². The molecule has 0 aliphatic heterocycles. The molecule has 0 bridgehead atoms. The van der Waals surface area contributed by atoms with Crippen molar-refractivity contribution in [1.82, 2.24) is 0 Å². The van der Waals surface area contributed by atoms with E-state index in [0.717, 1.165) is 48.1 Å². The molecule has 0 saturated carbocycles. The Hall–Kier alpha value is -0.240. The first-order valence-corrected chi connectivity index (χ1v) is 16.3. The van der Waals surface area contributed by atoms with Gasteiger partial charge in [-0.05, 0) is 26.7 Å². The molecule has 0 N–H and O–H groups in total. The smallest absolute Gasteiger partial charge is 0.104 e. The Kier molecular flexibility index (Phi) is 22.2. The Morgan fingerprint density at radius 2 is 0.821 bits per heavy atom. The minimum absolute atomic E-state index is 0.158. The van der Waals surface area contributed by atoms with Crippen LogP contribution >= 0.6 is 0 Å². The van der Waals surface area contributed by atoms with Crippen LogP contribution in [0.4, 0.5) is 0 Å². The first kappa shape index (κ1) is 38.8. The molecule has 0 aromatic heterocycles. The summed E-state index contributed by atoms with van der Waals surface area (Å²) in [6.45, 7) is 14.9. The molecule has 0 amide bonds. The van der Waals surface area contributed by atoms with Gasteiger partial charge in [-0.1, -0.05) is 78.1 Å². The molecule has 0 aromatic carbocycles. The third kappa shape index (κ3) is 25.2. The van der Waals surface area contributed by atoms with E-state index in [2.05, 4.69) is 70.0 Å². The highest BCUT2D eigenvalue weighted by molar-refractivity contribution is 4.80. The van der Waals surface area contributed by atoms with E-state index in [1.807, 2.05) is 0 Å². The molecule has 6 heteroatoms. The fourth-order valence-corrected chi connectivity index (χ4v) is 5.08. The zero-order valence-corrected chi connectivity index (χ0v) is 28.3. The normalized spacial score (nSPS) is 14.6. The van der Waals surface area contributed by atoms with Gasteiger partial charge in [0, 0.05) is 13.2 Å². The SMILES string of the molecule is CCCCCCCCOCC(COCCCCCCCC)(COC(C)C[N+](C)(C)C)COC(C)C[N+](C)(C)C. The van der Waals surface area contributed by atoms with Crippen LogP contribution in [0.2, 0.25) is 0 Å². The van der Waals surface area contributed by atoms with Crippen molar-refractivity contribution in [3.63, 3.8) is 0 Å². The van der Waals surface area contributed by atoms with E-state index >= 15 is 0 Å².